The Morgan fingerprint density at radius 2 is 1.88 bits per heavy atom. The molecule has 1 aliphatic heterocycles. The highest BCUT2D eigenvalue weighted by Crippen LogP contribution is 2.54. The van der Waals surface area contributed by atoms with E-state index in [0.29, 0.717) is 17.3 Å². The van der Waals surface area contributed by atoms with Gasteiger partial charge < -0.3 is 9.64 Å². The van der Waals surface area contributed by atoms with E-state index in [4.69, 9.17) is 4.74 Å². The quantitative estimate of drug-likeness (QED) is 0.864. The third-order valence-electron chi connectivity index (χ3n) is 5.71. The number of nitrogens with zero attached hydrogens (tertiary/aromatic N) is 3. The minimum atomic E-state index is -0.0250. The van der Waals surface area contributed by atoms with Crippen molar-refractivity contribution in [1.29, 1.82) is 0 Å². The van der Waals surface area contributed by atoms with Gasteiger partial charge in [0.15, 0.2) is 5.82 Å². The first-order valence-electron chi connectivity index (χ1n) is 8.76. The molecule has 4 rings (SSSR count). The Balaban J connectivity index is 1.53. The lowest BCUT2D eigenvalue weighted by Crippen LogP contribution is -2.66. The van der Waals surface area contributed by atoms with E-state index in [1.54, 1.807) is 12.4 Å². The molecule has 1 aliphatic carbocycles. The average molecular weight is 337 g/mol. The molecule has 5 nitrogen and oxygen atoms in total. The van der Waals surface area contributed by atoms with Gasteiger partial charge in [0, 0.05) is 49.0 Å². The molecule has 0 spiro atoms. The van der Waals surface area contributed by atoms with E-state index in [1.165, 1.54) is 0 Å². The van der Waals surface area contributed by atoms with Gasteiger partial charge in [0.1, 0.15) is 0 Å². The zero-order valence-electron chi connectivity index (χ0n) is 14.8. The summed E-state index contributed by atoms with van der Waals surface area (Å²) in [6, 6.07) is 9.96. The Morgan fingerprint density at radius 3 is 2.56 bits per heavy atom. The summed E-state index contributed by atoms with van der Waals surface area (Å²) in [4.78, 5) is 23.5. The Hall–Kier alpha value is -2.27. The number of carbonyl (C=O) groups excluding carboxylic acids is 1. The monoisotopic (exact) mass is 337 g/mol. The summed E-state index contributed by atoms with van der Waals surface area (Å²) >= 11 is 0. The van der Waals surface area contributed by atoms with Crippen molar-refractivity contribution in [2.75, 3.05) is 13.7 Å². The molecule has 3 atom stereocenters. The number of hydrogen-bond donors (Lipinski definition) is 0. The van der Waals surface area contributed by atoms with Gasteiger partial charge in [-0.3, -0.25) is 4.79 Å². The lowest BCUT2D eigenvalue weighted by Gasteiger charge is -2.57. The number of aromatic nitrogens is 2. The van der Waals surface area contributed by atoms with Crippen LogP contribution in [-0.4, -0.2) is 46.6 Å². The Kier molecular flexibility index (Phi) is 3.84. The summed E-state index contributed by atoms with van der Waals surface area (Å²) in [6.07, 6.45) is 4.55. The molecule has 1 saturated carbocycles. The Labute approximate surface area is 148 Å². The fraction of sp³-hybridized carbons (Fsp3) is 0.450. The van der Waals surface area contributed by atoms with Crippen LogP contribution in [0.3, 0.4) is 0 Å². The largest absolute Gasteiger partial charge is 0.377 e. The molecule has 3 unspecified atom stereocenters. The summed E-state index contributed by atoms with van der Waals surface area (Å²) in [7, 11) is 1.88. The highest BCUT2D eigenvalue weighted by Gasteiger charge is 2.61. The van der Waals surface area contributed by atoms with Crippen molar-refractivity contribution in [3.8, 4) is 11.4 Å². The molecule has 2 aromatic rings. The van der Waals surface area contributed by atoms with Crippen LogP contribution in [0, 0.1) is 11.3 Å². The highest BCUT2D eigenvalue weighted by molar-refractivity contribution is 5.94. The van der Waals surface area contributed by atoms with E-state index in [9.17, 15) is 4.79 Å². The fourth-order valence-corrected chi connectivity index (χ4v) is 4.59. The van der Waals surface area contributed by atoms with Gasteiger partial charge in [0.05, 0.1) is 11.7 Å². The van der Waals surface area contributed by atoms with Crippen molar-refractivity contribution < 1.29 is 9.53 Å². The average Bonchev–Trinajstić information content (AvgIpc) is 3.08. The molecule has 1 aromatic heterocycles. The van der Waals surface area contributed by atoms with Gasteiger partial charge in [-0.15, -0.1) is 0 Å². The summed E-state index contributed by atoms with van der Waals surface area (Å²) in [6.45, 7) is 5.16. The van der Waals surface area contributed by atoms with Gasteiger partial charge >= 0.3 is 0 Å². The van der Waals surface area contributed by atoms with Crippen LogP contribution < -0.4 is 0 Å². The van der Waals surface area contributed by atoms with Crippen LogP contribution in [0.25, 0.3) is 11.4 Å². The predicted octanol–water partition coefficient (Wildman–Crippen LogP) is 3.03. The first-order valence-corrected chi connectivity index (χ1v) is 8.76. The second-order valence-corrected chi connectivity index (χ2v) is 7.59. The normalized spacial score (nSPS) is 26.6. The number of fused-ring (bicyclic) bond motifs is 1. The number of rotatable bonds is 3. The fourth-order valence-electron chi connectivity index (χ4n) is 4.59. The van der Waals surface area contributed by atoms with Crippen molar-refractivity contribution in [1.82, 2.24) is 14.9 Å². The van der Waals surface area contributed by atoms with Crippen LogP contribution in [0.15, 0.2) is 42.7 Å². The maximum absolute atomic E-state index is 12.9. The minimum absolute atomic E-state index is 0.0174. The smallest absolute Gasteiger partial charge is 0.257 e. The summed E-state index contributed by atoms with van der Waals surface area (Å²) in [5, 5.41) is 0. The summed E-state index contributed by atoms with van der Waals surface area (Å²) in [5.74, 6) is 1.05. The molecule has 2 heterocycles. The maximum atomic E-state index is 12.9. The van der Waals surface area contributed by atoms with Crippen LogP contribution in [0.4, 0.5) is 0 Å². The van der Waals surface area contributed by atoms with Crippen molar-refractivity contribution in [2.24, 2.45) is 11.3 Å². The van der Waals surface area contributed by atoms with E-state index in [2.05, 4.69) is 23.8 Å². The topological polar surface area (TPSA) is 55.3 Å². The molecular formula is C20H23N3O2. The van der Waals surface area contributed by atoms with E-state index < -0.39 is 0 Å². The van der Waals surface area contributed by atoms with Crippen LogP contribution in [0.5, 0.6) is 0 Å². The minimum Gasteiger partial charge on any atom is -0.377 e. The second-order valence-electron chi connectivity index (χ2n) is 7.59. The zero-order chi connectivity index (χ0) is 17.6. The number of amides is 1. The predicted molar refractivity (Wildman–Crippen MR) is 95.0 cm³/mol. The maximum Gasteiger partial charge on any atom is 0.257 e. The first-order chi connectivity index (χ1) is 12.0. The molecule has 5 heteroatoms. The van der Waals surface area contributed by atoms with Crippen molar-refractivity contribution in [3.05, 3.63) is 48.3 Å². The van der Waals surface area contributed by atoms with Crippen molar-refractivity contribution in [2.45, 2.75) is 32.4 Å². The molecule has 130 valence electrons. The van der Waals surface area contributed by atoms with Gasteiger partial charge in [-0.2, -0.15) is 0 Å². The van der Waals surface area contributed by atoms with E-state index in [0.717, 1.165) is 18.6 Å². The van der Waals surface area contributed by atoms with Gasteiger partial charge in [0.2, 0.25) is 0 Å². The van der Waals surface area contributed by atoms with E-state index in [-0.39, 0.29) is 23.5 Å². The number of ether oxygens (including phenoxy) is 1. The SMILES string of the molecule is CN(C(=O)c1cnc(-c2ccccc2)nc1)C1C2CCOC2C1(C)C. The van der Waals surface area contributed by atoms with Gasteiger partial charge in [-0.05, 0) is 6.42 Å². The molecule has 0 radical (unpaired) electrons. The standard InChI is InChI=1S/C20H23N3O2/c1-20(2)16(15-9-10-25-17(15)20)23(3)19(24)14-11-21-18(22-12-14)13-7-5-4-6-8-13/h4-8,11-12,15-17H,9-10H2,1-3H3. The van der Waals surface area contributed by atoms with Crippen LogP contribution >= 0.6 is 0 Å². The number of benzene rings is 1. The van der Waals surface area contributed by atoms with Crippen LogP contribution in [0.2, 0.25) is 0 Å². The second kappa shape index (κ2) is 5.92. The van der Waals surface area contributed by atoms with Gasteiger partial charge in [0.25, 0.3) is 5.91 Å². The molecule has 1 amide bonds. The molecule has 2 aliphatic rings. The Morgan fingerprint density at radius 1 is 1.20 bits per heavy atom. The van der Waals surface area contributed by atoms with E-state index in [1.807, 2.05) is 42.3 Å². The molecular weight excluding hydrogens is 314 g/mol. The number of carbonyl (C=O) groups is 1. The van der Waals surface area contributed by atoms with Crippen molar-refractivity contribution >= 4 is 5.91 Å². The molecule has 1 aromatic carbocycles. The van der Waals surface area contributed by atoms with Gasteiger partial charge in [-0.1, -0.05) is 44.2 Å². The summed E-state index contributed by atoms with van der Waals surface area (Å²) in [5.41, 5.74) is 1.46. The van der Waals surface area contributed by atoms with Crippen LogP contribution in [-0.2, 0) is 4.74 Å². The summed E-state index contributed by atoms with van der Waals surface area (Å²) < 4.78 is 5.84. The van der Waals surface area contributed by atoms with Gasteiger partial charge in [-0.25, -0.2) is 9.97 Å². The van der Waals surface area contributed by atoms with E-state index >= 15 is 0 Å². The third kappa shape index (κ3) is 2.54. The Bertz CT molecular complexity index is 773. The lowest BCUT2D eigenvalue weighted by molar-refractivity contribution is -0.139. The molecule has 0 bridgehead atoms. The first kappa shape index (κ1) is 16.2. The third-order valence-corrected chi connectivity index (χ3v) is 5.71. The van der Waals surface area contributed by atoms with Crippen molar-refractivity contribution in [3.63, 3.8) is 0 Å². The lowest BCUT2D eigenvalue weighted by atomic mass is 9.56. The highest BCUT2D eigenvalue weighted by atomic mass is 16.5. The molecule has 2 fully saturated rings. The zero-order valence-corrected chi connectivity index (χ0v) is 14.8. The molecule has 1 saturated heterocycles. The molecule has 0 N–H and O–H groups in total. The number of hydrogen-bond acceptors (Lipinski definition) is 4. The van der Waals surface area contributed by atoms with Crippen LogP contribution in [0.1, 0.15) is 30.6 Å². The molecule has 25 heavy (non-hydrogen) atoms.